The quantitative estimate of drug-likeness (QED) is 0.395. The summed E-state index contributed by atoms with van der Waals surface area (Å²) in [7, 11) is 1.66. The van der Waals surface area contributed by atoms with Gasteiger partial charge in [-0.05, 0) is 66.2 Å². The molecule has 0 N–H and O–H groups in total. The van der Waals surface area contributed by atoms with Gasteiger partial charge in [0.1, 0.15) is 17.2 Å². The van der Waals surface area contributed by atoms with Crippen LogP contribution in [0.4, 0.5) is 0 Å². The van der Waals surface area contributed by atoms with Crippen LogP contribution >= 0.6 is 0 Å². The molecule has 4 aromatic rings. The Morgan fingerprint density at radius 2 is 1.14 bits per heavy atom. The molecule has 0 spiro atoms. The summed E-state index contributed by atoms with van der Waals surface area (Å²) >= 11 is 0. The van der Waals surface area contributed by atoms with Gasteiger partial charge in [-0.1, -0.05) is 42.0 Å². The molecule has 0 bridgehead atoms. The summed E-state index contributed by atoms with van der Waals surface area (Å²) in [5.74, 6) is 2.27. The first kappa shape index (κ1) is 17.8. The Morgan fingerprint density at radius 1 is 0.643 bits per heavy atom. The molecule has 0 atom stereocenters. The van der Waals surface area contributed by atoms with Gasteiger partial charge in [0.25, 0.3) is 0 Å². The minimum atomic E-state index is 0.00574. The highest BCUT2D eigenvalue weighted by Crippen LogP contribution is 2.28. The lowest BCUT2D eigenvalue weighted by atomic mass is 10.0. The lowest BCUT2D eigenvalue weighted by Gasteiger charge is -2.09. The standard InChI is InChI=1S/C25H20O3/c1-17-3-5-18(6-4-17)25(26)19-7-11-22(12-8-19)28-24-14-10-20-15-23(27-2)13-9-21(20)16-24/h3-16H,1-2H3. The first-order valence-corrected chi connectivity index (χ1v) is 9.09. The molecule has 0 unspecified atom stereocenters. The molecule has 0 heterocycles. The summed E-state index contributed by atoms with van der Waals surface area (Å²) in [6, 6.07) is 26.7. The lowest BCUT2D eigenvalue weighted by molar-refractivity contribution is 0.103. The van der Waals surface area contributed by atoms with Crippen molar-refractivity contribution in [2.45, 2.75) is 6.92 Å². The number of hydrogen-bond acceptors (Lipinski definition) is 3. The topological polar surface area (TPSA) is 35.5 Å². The second kappa shape index (κ2) is 7.57. The monoisotopic (exact) mass is 368 g/mol. The van der Waals surface area contributed by atoms with Crippen LogP contribution in [0.2, 0.25) is 0 Å². The molecule has 0 aromatic heterocycles. The number of ketones is 1. The first-order chi connectivity index (χ1) is 13.6. The highest BCUT2D eigenvalue weighted by atomic mass is 16.5. The van der Waals surface area contributed by atoms with Crippen LogP contribution in [0, 0.1) is 6.92 Å². The molecule has 28 heavy (non-hydrogen) atoms. The third kappa shape index (κ3) is 3.74. The maximum absolute atomic E-state index is 12.6. The van der Waals surface area contributed by atoms with E-state index in [1.807, 2.05) is 79.7 Å². The Kier molecular flexibility index (Phi) is 4.81. The molecule has 138 valence electrons. The largest absolute Gasteiger partial charge is 0.497 e. The highest BCUT2D eigenvalue weighted by Gasteiger charge is 2.09. The van der Waals surface area contributed by atoms with Gasteiger partial charge in [-0.2, -0.15) is 0 Å². The van der Waals surface area contributed by atoms with E-state index >= 15 is 0 Å². The number of benzene rings is 4. The third-order valence-corrected chi connectivity index (χ3v) is 4.68. The van der Waals surface area contributed by atoms with Crippen LogP contribution in [-0.4, -0.2) is 12.9 Å². The van der Waals surface area contributed by atoms with E-state index in [-0.39, 0.29) is 5.78 Å². The molecule has 0 aliphatic rings. The Labute approximate surface area is 164 Å². The molecule has 0 amide bonds. The zero-order chi connectivity index (χ0) is 19.5. The van der Waals surface area contributed by atoms with Crippen LogP contribution in [0.1, 0.15) is 21.5 Å². The Morgan fingerprint density at radius 3 is 1.75 bits per heavy atom. The van der Waals surface area contributed by atoms with Gasteiger partial charge in [0, 0.05) is 11.1 Å². The average molecular weight is 368 g/mol. The minimum absolute atomic E-state index is 0.00574. The number of hydrogen-bond donors (Lipinski definition) is 0. The van der Waals surface area contributed by atoms with Gasteiger partial charge in [0.2, 0.25) is 0 Å². The third-order valence-electron chi connectivity index (χ3n) is 4.68. The van der Waals surface area contributed by atoms with Crippen molar-refractivity contribution in [3.63, 3.8) is 0 Å². The number of carbonyl (C=O) groups is 1. The summed E-state index contributed by atoms with van der Waals surface area (Å²) in [6.45, 7) is 2.00. The molecule has 4 aromatic carbocycles. The van der Waals surface area contributed by atoms with E-state index in [9.17, 15) is 4.79 Å². The normalized spacial score (nSPS) is 10.6. The van der Waals surface area contributed by atoms with E-state index in [2.05, 4.69) is 0 Å². The maximum Gasteiger partial charge on any atom is 0.193 e. The molecule has 4 rings (SSSR count). The van der Waals surface area contributed by atoms with E-state index in [0.717, 1.165) is 27.8 Å². The van der Waals surface area contributed by atoms with Crippen molar-refractivity contribution in [2.24, 2.45) is 0 Å². The molecule has 3 heteroatoms. The van der Waals surface area contributed by atoms with Gasteiger partial charge in [-0.3, -0.25) is 4.79 Å². The molecule has 0 radical (unpaired) electrons. The zero-order valence-electron chi connectivity index (χ0n) is 15.8. The number of ether oxygens (including phenoxy) is 2. The Bertz CT molecular complexity index is 1130. The number of rotatable bonds is 5. The SMILES string of the molecule is COc1ccc2cc(Oc3ccc(C(=O)c4ccc(C)cc4)cc3)ccc2c1. The van der Waals surface area contributed by atoms with Crippen molar-refractivity contribution in [1.29, 1.82) is 0 Å². The molecular formula is C25H20O3. The average Bonchev–Trinajstić information content (AvgIpc) is 2.74. The molecule has 0 saturated heterocycles. The fraction of sp³-hybridized carbons (Fsp3) is 0.0800. The summed E-state index contributed by atoms with van der Waals surface area (Å²) in [4.78, 5) is 12.6. The second-order valence-electron chi connectivity index (χ2n) is 6.70. The van der Waals surface area contributed by atoms with Crippen molar-refractivity contribution < 1.29 is 14.3 Å². The lowest BCUT2D eigenvalue weighted by Crippen LogP contribution is -2.00. The summed E-state index contributed by atoms with van der Waals surface area (Å²) in [6.07, 6.45) is 0. The predicted molar refractivity (Wildman–Crippen MR) is 112 cm³/mol. The van der Waals surface area contributed by atoms with Crippen LogP contribution in [-0.2, 0) is 0 Å². The zero-order valence-corrected chi connectivity index (χ0v) is 15.8. The van der Waals surface area contributed by atoms with Crippen molar-refractivity contribution in [3.8, 4) is 17.2 Å². The van der Waals surface area contributed by atoms with E-state index in [1.54, 1.807) is 19.2 Å². The van der Waals surface area contributed by atoms with Crippen LogP contribution in [0.5, 0.6) is 17.2 Å². The van der Waals surface area contributed by atoms with Gasteiger partial charge in [-0.15, -0.1) is 0 Å². The van der Waals surface area contributed by atoms with Crippen LogP contribution < -0.4 is 9.47 Å². The number of methoxy groups -OCH3 is 1. The van der Waals surface area contributed by atoms with E-state index in [1.165, 1.54) is 0 Å². The van der Waals surface area contributed by atoms with Crippen molar-refractivity contribution in [3.05, 3.63) is 102 Å². The van der Waals surface area contributed by atoms with Crippen LogP contribution in [0.25, 0.3) is 10.8 Å². The van der Waals surface area contributed by atoms with Gasteiger partial charge in [0.05, 0.1) is 7.11 Å². The predicted octanol–water partition coefficient (Wildman–Crippen LogP) is 6.18. The first-order valence-electron chi connectivity index (χ1n) is 9.09. The highest BCUT2D eigenvalue weighted by molar-refractivity contribution is 6.09. The molecule has 0 aliphatic heterocycles. The fourth-order valence-electron chi connectivity index (χ4n) is 3.07. The van der Waals surface area contributed by atoms with Gasteiger partial charge in [-0.25, -0.2) is 0 Å². The molecule has 0 saturated carbocycles. The maximum atomic E-state index is 12.6. The molecule has 0 fully saturated rings. The minimum Gasteiger partial charge on any atom is -0.497 e. The van der Waals surface area contributed by atoms with Crippen LogP contribution in [0.3, 0.4) is 0 Å². The molecule has 3 nitrogen and oxygen atoms in total. The van der Waals surface area contributed by atoms with Crippen molar-refractivity contribution in [1.82, 2.24) is 0 Å². The van der Waals surface area contributed by atoms with E-state index in [0.29, 0.717) is 16.9 Å². The van der Waals surface area contributed by atoms with Gasteiger partial charge >= 0.3 is 0 Å². The fourth-order valence-corrected chi connectivity index (χ4v) is 3.07. The van der Waals surface area contributed by atoms with Gasteiger partial charge < -0.3 is 9.47 Å². The Hall–Kier alpha value is -3.59. The number of fused-ring (bicyclic) bond motifs is 1. The van der Waals surface area contributed by atoms with Crippen LogP contribution in [0.15, 0.2) is 84.9 Å². The second-order valence-corrected chi connectivity index (χ2v) is 6.70. The van der Waals surface area contributed by atoms with E-state index < -0.39 is 0 Å². The van der Waals surface area contributed by atoms with Crippen molar-refractivity contribution >= 4 is 16.6 Å². The number of carbonyl (C=O) groups excluding carboxylic acids is 1. The Balaban J connectivity index is 1.52. The number of aryl methyl sites for hydroxylation is 1. The summed E-state index contributed by atoms with van der Waals surface area (Å²) in [5.41, 5.74) is 2.46. The van der Waals surface area contributed by atoms with Gasteiger partial charge in [0.15, 0.2) is 5.78 Å². The summed E-state index contributed by atoms with van der Waals surface area (Å²) < 4.78 is 11.2. The smallest absolute Gasteiger partial charge is 0.193 e. The van der Waals surface area contributed by atoms with E-state index in [4.69, 9.17) is 9.47 Å². The molecule has 0 aliphatic carbocycles. The van der Waals surface area contributed by atoms with Crippen molar-refractivity contribution in [2.75, 3.05) is 7.11 Å². The summed E-state index contributed by atoms with van der Waals surface area (Å²) in [5, 5.41) is 2.16. The molecular weight excluding hydrogens is 348 g/mol.